The van der Waals surface area contributed by atoms with Gasteiger partial charge in [-0.2, -0.15) is 0 Å². The Morgan fingerprint density at radius 1 is 1.64 bits per heavy atom. The number of carbonyl (C=O) groups excluding carboxylic acids is 1. The summed E-state index contributed by atoms with van der Waals surface area (Å²) < 4.78 is 0. The highest BCUT2D eigenvalue weighted by atomic mass is 16.3. The topological polar surface area (TPSA) is 74.0 Å². The van der Waals surface area contributed by atoms with Crippen LogP contribution in [-0.4, -0.2) is 16.0 Å². The van der Waals surface area contributed by atoms with E-state index in [0.29, 0.717) is 5.69 Å². The third kappa shape index (κ3) is 1.46. The molecule has 0 bridgehead atoms. The molecular weight excluding hydrogens is 144 g/mol. The Kier molecular flexibility index (Phi) is 1.76. The molecule has 0 spiro atoms. The minimum Gasteiger partial charge on any atom is -0.493 e. The molecule has 57 valence electrons. The quantitative estimate of drug-likeness (QED) is 0.635. The summed E-state index contributed by atoms with van der Waals surface area (Å²) in [5.41, 5.74) is 7.25. The van der Waals surface area contributed by atoms with Crippen molar-refractivity contribution in [3.63, 3.8) is 0 Å². The fraction of sp³-hybridized carbons (Fsp3) is 0.143. The molecule has 0 fully saturated rings. The minimum absolute atomic E-state index is 0.0596. The van der Waals surface area contributed by atoms with E-state index in [1.165, 1.54) is 6.07 Å². The number of pyridine rings is 1. The molecule has 1 aromatic rings. The van der Waals surface area contributed by atoms with Crippen molar-refractivity contribution < 1.29 is 9.90 Å². The highest BCUT2D eigenvalue weighted by molar-refractivity contribution is 5.94. The molecule has 1 heterocycles. The number of nitrogens with one attached hydrogen (secondary N) is 1. The van der Waals surface area contributed by atoms with Gasteiger partial charge in [-0.1, -0.05) is 0 Å². The molecular formula is C7H7N2O2. The molecule has 11 heavy (non-hydrogen) atoms. The molecule has 4 heteroatoms. The number of amides is 1. The van der Waals surface area contributed by atoms with Gasteiger partial charge in [0.25, 0.3) is 5.91 Å². The molecule has 1 rings (SSSR count). The van der Waals surface area contributed by atoms with Crippen molar-refractivity contribution in [2.75, 3.05) is 0 Å². The van der Waals surface area contributed by atoms with Crippen LogP contribution in [0.5, 0.6) is 5.88 Å². The molecule has 1 radical (unpaired) electrons. The van der Waals surface area contributed by atoms with Gasteiger partial charge in [0, 0.05) is 5.69 Å². The molecule has 1 aromatic heterocycles. The van der Waals surface area contributed by atoms with Crippen molar-refractivity contribution in [1.82, 2.24) is 10.7 Å². The van der Waals surface area contributed by atoms with Gasteiger partial charge in [0.1, 0.15) is 5.56 Å². The number of rotatable bonds is 1. The lowest BCUT2D eigenvalue weighted by molar-refractivity contribution is 0.0989. The Hall–Kier alpha value is -1.58. The summed E-state index contributed by atoms with van der Waals surface area (Å²) in [5.74, 6) is -1.29. The number of nitrogens with zero attached hydrogens (tertiary/aromatic N) is 1. The van der Waals surface area contributed by atoms with Crippen molar-refractivity contribution in [1.29, 1.82) is 0 Å². The molecule has 0 saturated heterocycles. The summed E-state index contributed by atoms with van der Waals surface area (Å²) in [6, 6.07) is 2.95. The maximum absolute atomic E-state index is 10.4. The van der Waals surface area contributed by atoms with Crippen molar-refractivity contribution in [3.8, 4) is 5.88 Å². The van der Waals surface area contributed by atoms with Crippen molar-refractivity contribution in [2.24, 2.45) is 0 Å². The summed E-state index contributed by atoms with van der Waals surface area (Å²) in [7, 11) is 0. The van der Waals surface area contributed by atoms with E-state index in [1.54, 1.807) is 13.0 Å². The lowest BCUT2D eigenvalue weighted by atomic mass is 10.2. The molecule has 1 amide bonds. The molecule has 4 nitrogen and oxygen atoms in total. The summed E-state index contributed by atoms with van der Waals surface area (Å²) in [4.78, 5) is 14.1. The average Bonchev–Trinajstić information content (AvgIpc) is 1.85. The number of carbonyl (C=O) groups is 1. The van der Waals surface area contributed by atoms with Gasteiger partial charge in [-0.25, -0.2) is 4.98 Å². The average molecular weight is 151 g/mol. The fourth-order valence-electron chi connectivity index (χ4n) is 0.720. The smallest absolute Gasteiger partial charge is 0.275 e. The Morgan fingerprint density at radius 2 is 2.27 bits per heavy atom. The third-order valence-corrected chi connectivity index (χ3v) is 1.26. The van der Waals surface area contributed by atoms with Crippen LogP contribution >= 0.6 is 0 Å². The minimum atomic E-state index is -0.921. The first-order valence-corrected chi connectivity index (χ1v) is 3.04. The first-order valence-electron chi connectivity index (χ1n) is 3.04. The second-order valence-corrected chi connectivity index (χ2v) is 2.15. The van der Waals surface area contributed by atoms with E-state index in [0.717, 1.165) is 0 Å². The normalized spacial score (nSPS) is 9.55. The number of aromatic hydroxyl groups is 1. The highest BCUT2D eigenvalue weighted by Crippen LogP contribution is 2.12. The molecule has 0 aromatic carbocycles. The monoisotopic (exact) mass is 151 g/mol. The van der Waals surface area contributed by atoms with E-state index in [1.807, 2.05) is 0 Å². The molecule has 0 saturated carbocycles. The Morgan fingerprint density at radius 3 is 2.73 bits per heavy atom. The maximum Gasteiger partial charge on any atom is 0.275 e. The van der Waals surface area contributed by atoms with Crippen molar-refractivity contribution in [2.45, 2.75) is 6.92 Å². The zero-order chi connectivity index (χ0) is 8.43. The van der Waals surface area contributed by atoms with Crippen LogP contribution in [0, 0.1) is 6.92 Å². The van der Waals surface area contributed by atoms with E-state index in [9.17, 15) is 4.79 Å². The number of aromatic nitrogens is 1. The highest BCUT2D eigenvalue weighted by Gasteiger charge is 2.07. The summed E-state index contributed by atoms with van der Waals surface area (Å²) >= 11 is 0. The first-order chi connectivity index (χ1) is 5.11. The molecule has 0 atom stereocenters. The molecule has 2 N–H and O–H groups in total. The predicted molar refractivity (Wildman–Crippen MR) is 38.1 cm³/mol. The lowest BCUT2D eigenvalue weighted by Crippen LogP contribution is -2.00. The van der Waals surface area contributed by atoms with Crippen LogP contribution in [0.2, 0.25) is 0 Å². The summed E-state index contributed by atoms with van der Waals surface area (Å²) in [6.45, 7) is 1.69. The van der Waals surface area contributed by atoms with Gasteiger partial charge in [0.05, 0.1) is 0 Å². The number of hydrogen-bond donors (Lipinski definition) is 1. The largest absolute Gasteiger partial charge is 0.493 e. The van der Waals surface area contributed by atoms with Crippen LogP contribution in [0.1, 0.15) is 16.1 Å². The zero-order valence-corrected chi connectivity index (χ0v) is 5.96. The van der Waals surface area contributed by atoms with E-state index in [4.69, 9.17) is 10.8 Å². The molecule has 0 unspecified atom stereocenters. The van der Waals surface area contributed by atoms with Gasteiger partial charge >= 0.3 is 0 Å². The fourth-order valence-corrected chi connectivity index (χ4v) is 0.720. The van der Waals surface area contributed by atoms with E-state index in [2.05, 4.69) is 4.98 Å². The lowest BCUT2D eigenvalue weighted by Gasteiger charge is -1.97. The van der Waals surface area contributed by atoms with Crippen LogP contribution in [0.25, 0.3) is 0 Å². The maximum atomic E-state index is 10.4. The number of hydrogen-bond acceptors (Lipinski definition) is 3. The van der Waals surface area contributed by atoms with Gasteiger partial charge < -0.3 is 5.11 Å². The molecule has 0 aliphatic heterocycles. The third-order valence-electron chi connectivity index (χ3n) is 1.26. The number of aryl methyl sites for hydroxylation is 1. The van der Waals surface area contributed by atoms with Crippen LogP contribution in [0.3, 0.4) is 0 Å². The Bertz CT molecular complexity index is 296. The second-order valence-electron chi connectivity index (χ2n) is 2.15. The van der Waals surface area contributed by atoms with Gasteiger partial charge in [0.15, 0.2) is 0 Å². The van der Waals surface area contributed by atoms with E-state index in [-0.39, 0.29) is 11.4 Å². The van der Waals surface area contributed by atoms with Crippen LogP contribution in [0.15, 0.2) is 12.1 Å². The van der Waals surface area contributed by atoms with Crippen molar-refractivity contribution >= 4 is 5.91 Å². The van der Waals surface area contributed by atoms with E-state index < -0.39 is 5.91 Å². The second kappa shape index (κ2) is 2.57. The summed E-state index contributed by atoms with van der Waals surface area (Å²) in [5, 5.41) is 9.01. The standard InChI is InChI=1S/C7H7N2O2/c1-4-2-3-5(6(8)10)7(11)9-4/h2-3,8H,1H3,(H,9,11). The van der Waals surface area contributed by atoms with Crippen LogP contribution in [0.4, 0.5) is 0 Å². The van der Waals surface area contributed by atoms with Gasteiger partial charge in [-0.3, -0.25) is 10.5 Å². The van der Waals surface area contributed by atoms with Crippen molar-refractivity contribution in [3.05, 3.63) is 23.4 Å². The SMILES string of the molecule is Cc1ccc(C([NH])=O)c(O)n1. The molecule has 0 aliphatic carbocycles. The first kappa shape index (κ1) is 7.53. The van der Waals surface area contributed by atoms with Gasteiger partial charge in [0.2, 0.25) is 5.88 Å². The molecule has 0 aliphatic rings. The van der Waals surface area contributed by atoms with Crippen LogP contribution in [-0.2, 0) is 0 Å². The predicted octanol–water partition coefficient (Wildman–Crippen LogP) is 0.519. The van der Waals surface area contributed by atoms with Gasteiger partial charge in [-0.05, 0) is 19.1 Å². The zero-order valence-electron chi connectivity index (χ0n) is 5.96. The Labute approximate surface area is 63.7 Å². The van der Waals surface area contributed by atoms with Gasteiger partial charge in [-0.15, -0.1) is 0 Å². The Balaban J connectivity index is 3.20. The van der Waals surface area contributed by atoms with Crippen LogP contribution < -0.4 is 5.73 Å². The van der Waals surface area contributed by atoms with E-state index >= 15 is 0 Å². The summed E-state index contributed by atoms with van der Waals surface area (Å²) in [6.07, 6.45) is 0.